The minimum atomic E-state index is -5.68. The molecule has 0 aromatic rings. The van der Waals surface area contributed by atoms with E-state index >= 15 is 0 Å². The van der Waals surface area contributed by atoms with E-state index in [1.807, 2.05) is 13.8 Å². The molecule has 9 atom stereocenters. The van der Waals surface area contributed by atoms with Gasteiger partial charge in [-0.25, -0.2) is 0 Å². The summed E-state index contributed by atoms with van der Waals surface area (Å²) in [7, 11) is -5.68. The van der Waals surface area contributed by atoms with Gasteiger partial charge in [-0.15, -0.1) is 0 Å². The maximum atomic E-state index is 13.9. The molecule has 11 heteroatoms. The predicted molar refractivity (Wildman–Crippen MR) is 132 cm³/mol. The number of esters is 1. The Hall–Kier alpha value is -1.62. The van der Waals surface area contributed by atoms with Gasteiger partial charge < -0.3 is 9.47 Å². The van der Waals surface area contributed by atoms with Crippen LogP contribution in [0.4, 0.5) is 8.78 Å². The molecule has 4 rings (SSSR count). The summed E-state index contributed by atoms with van der Waals surface area (Å²) >= 11 is 0. The maximum absolute atomic E-state index is 13.9. The van der Waals surface area contributed by atoms with Gasteiger partial charge in [-0.05, 0) is 73.5 Å². The van der Waals surface area contributed by atoms with Crippen molar-refractivity contribution in [3.05, 3.63) is 0 Å². The third-order valence-corrected chi connectivity index (χ3v) is 11.9. The average molecular weight is 563 g/mol. The van der Waals surface area contributed by atoms with Crippen LogP contribution in [-0.4, -0.2) is 49.2 Å². The van der Waals surface area contributed by atoms with Crippen LogP contribution in [-0.2, 0) is 34.0 Å². The number of fused-ring (bicyclic) bond motifs is 5. The molecule has 0 radical (unpaired) electrons. The third kappa shape index (κ3) is 4.90. The fourth-order valence-corrected chi connectivity index (χ4v) is 9.17. The van der Waals surface area contributed by atoms with Crippen LogP contribution in [0.15, 0.2) is 0 Å². The van der Waals surface area contributed by atoms with Crippen molar-refractivity contribution in [3.8, 4) is 0 Å². The number of halogens is 2. The van der Waals surface area contributed by atoms with Crippen molar-refractivity contribution in [1.29, 1.82) is 0 Å². The van der Waals surface area contributed by atoms with Crippen molar-refractivity contribution < 1.29 is 45.6 Å². The minimum absolute atomic E-state index is 0.0261. The van der Waals surface area contributed by atoms with E-state index in [1.165, 1.54) is 0 Å². The van der Waals surface area contributed by atoms with Crippen LogP contribution < -0.4 is 0 Å². The number of carbonyl (C=O) groups is 3. The molecule has 0 aromatic heterocycles. The van der Waals surface area contributed by atoms with Gasteiger partial charge in [-0.1, -0.05) is 33.6 Å². The van der Waals surface area contributed by atoms with Crippen molar-refractivity contribution in [2.24, 2.45) is 46.3 Å². The van der Waals surface area contributed by atoms with Crippen LogP contribution in [0, 0.1) is 46.3 Å². The van der Waals surface area contributed by atoms with E-state index in [2.05, 4.69) is 11.7 Å². The molecule has 216 valence electrons. The van der Waals surface area contributed by atoms with Gasteiger partial charge in [0, 0.05) is 24.2 Å². The number of Topliss-reactive ketones (excluding diaryl/α,β-unsaturated/α-hetero) is 1. The number of hydrogen-bond acceptors (Lipinski definition) is 7. The van der Waals surface area contributed by atoms with E-state index in [9.17, 15) is 31.6 Å². The van der Waals surface area contributed by atoms with Crippen molar-refractivity contribution in [2.75, 3.05) is 6.61 Å². The maximum Gasteiger partial charge on any atom is 0.402 e. The first-order valence-corrected chi connectivity index (χ1v) is 15.2. The lowest BCUT2D eigenvalue weighted by atomic mass is 9.43. The quantitative estimate of drug-likeness (QED) is 0.241. The lowest BCUT2D eigenvalue weighted by Crippen LogP contribution is -2.61. The second-order valence-corrected chi connectivity index (χ2v) is 14.2. The summed E-state index contributed by atoms with van der Waals surface area (Å²) in [5.74, 6) is -0.100. The van der Waals surface area contributed by atoms with Gasteiger partial charge in [0.1, 0.15) is 11.9 Å². The summed E-state index contributed by atoms with van der Waals surface area (Å²) in [5.41, 5.74) is -0.578. The number of alkyl halides is 2. The molecule has 0 spiro atoms. The molecule has 0 amide bonds. The molecule has 0 heterocycles. The molecule has 0 bridgehead atoms. The first-order valence-electron chi connectivity index (χ1n) is 13.8. The van der Waals surface area contributed by atoms with E-state index in [0.29, 0.717) is 25.2 Å². The first-order chi connectivity index (χ1) is 17.7. The predicted octanol–water partition coefficient (Wildman–Crippen LogP) is 4.81. The molecule has 8 nitrogen and oxygen atoms in total. The Morgan fingerprint density at radius 1 is 1.21 bits per heavy atom. The van der Waals surface area contributed by atoms with Gasteiger partial charge in [0.25, 0.3) is 6.47 Å². The Bertz CT molecular complexity index is 1050. The summed E-state index contributed by atoms with van der Waals surface area (Å²) in [6, 6.07) is 0. The highest BCUT2D eigenvalue weighted by Crippen LogP contribution is 2.67. The fraction of sp³-hybridized carbons (Fsp3) is 0.889. The van der Waals surface area contributed by atoms with Gasteiger partial charge in [0.15, 0.2) is 6.61 Å². The molecule has 0 saturated heterocycles. The summed E-state index contributed by atoms with van der Waals surface area (Å²) in [4.78, 5) is 37.5. The standard InChI is InChI=1S/C27H40F2O8S/c1-16(7-10-23(32)36-14-27(28,29)38(33,34)35)18-8-9-19-24-20(13-22(31)26(18,19)3)25(2)11-5-4-6-17(25)12-21(24)37-15-30/h15-21,24H,4-14H2,1-3H3,(H,33,34,35)/t16-,17?,18-,19+,20+,21-,24+,25+,26-/m1/s1. The zero-order chi connectivity index (χ0) is 28.1. The topological polar surface area (TPSA) is 124 Å². The zero-order valence-electron chi connectivity index (χ0n) is 22.4. The Morgan fingerprint density at radius 3 is 2.58 bits per heavy atom. The monoisotopic (exact) mass is 562 g/mol. The third-order valence-electron chi connectivity index (χ3n) is 11.0. The molecule has 1 unspecified atom stereocenters. The highest BCUT2D eigenvalue weighted by Gasteiger charge is 2.66. The first kappa shape index (κ1) is 29.4. The van der Waals surface area contributed by atoms with Gasteiger partial charge in [0.05, 0.1) is 0 Å². The molecule has 4 saturated carbocycles. The van der Waals surface area contributed by atoms with Crippen molar-refractivity contribution >= 4 is 28.3 Å². The Balaban J connectivity index is 1.47. The van der Waals surface area contributed by atoms with Crippen LogP contribution in [0.1, 0.15) is 85.0 Å². The number of rotatable bonds is 9. The Morgan fingerprint density at radius 2 is 1.92 bits per heavy atom. The Kier molecular flexibility index (Phi) is 8.04. The number of hydrogen-bond donors (Lipinski definition) is 1. The largest absolute Gasteiger partial charge is 0.464 e. The van der Waals surface area contributed by atoms with Crippen LogP contribution in [0.5, 0.6) is 0 Å². The van der Waals surface area contributed by atoms with Crippen LogP contribution in [0.25, 0.3) is 0 Å². The molecule has 4 aliphatic rings. The van der Waals surface area contributed by atoms with E-state index in [-0.39, 0.29) is 53.3 Å². The second kappa shape index (κ2) is 10.4. The average Bonchev–Trinajstić information content (AvgIpc) is 3.20. The minimum Gasteiger partial charge on any atom is -0.464 e. The molecular formula is C27H40F2O8S. The van der Waals surface area contributed by atoms with Gasteiger partial charge in [-0.3, -0.25) is 18.9 Å². The summed E-state index contributed by atoms with van der Waals surface area (Å²) in [6.07, 6.45) is 7.26. The van der Waals surface area contributed by atoms with Crippen LogP contribution in [0.3, 0.4) is 0 Å². The summed E-state index contributed by atoms with van der Waals surface area (Å²) < 4.78 is 66.9. The molecule has 38 heavy (non-hydrogen) atoms. The highest BCUT2D eigenvalue weighted by molar-refractivity contribution is 7.86. The van der Waals surface area contributed by atoms with Crippen LogP contribution in [0.2, 0.25) is 0 Å². The molecule has 0 aromatic carbocycles. The fourth-order valence-electron chi connectivity index (χ4n) is 8.96. The summed E-state index contributed by atoms with van der Waals surface area (Å²) in [6.45, 7) is 5.09. The van der Waals surface area contributed by atoms with Crippen molar-refractivity contribution in [3.63, 3.8) is 0 Å². The molecule has 4 fully saturated rings. The molecule has 0 aliphatic heterocycles. The van der Waals surface area contributed by atoms with Crippen LogP contribution >= 0.6 is 0 Å². The zero-order valence-corrected chi connectivity index (χ0v) is 23.2. The van der Waals surface area contributed by atoms with Gasteiger partial charge in [-0.2, -0.15) is 17.2 Å². The Labute approximate surface area is 223 Å². The molecule has 1 N–H and O–H groups in total. The van der Waals surface area contributed by atoms with Crippen molar-refractivity contribution in [1.82, 2.24) is 0 Å². The number of ketones is 1. The van der Waals surface area contributed by atoms with E-state index in [4.69, 9.17) is 9.29 Å². The molecular weight excluding hydrogens is 522 g/mol. The lowest BCUT2D eigenvalue weighted by Gasteiger charge is -2.61. The summed E-state index contributed by atoms with van der Waals surface area (Å²) in [5, 5.41) is -4.57. The van der Waals surface area contributed by atoms with Crippen molar-refractivity contribution in [2.45, 2.75) is 96.3 Å². The van der Waals surface area contributed by atoms with Gasteiger partial charge >= 0.3 is 21.3 Å². The SMILES string of the molecule is C[C@H](CCC(=O)OCC(F)(F)S(=O)(=O)O)[C@H]1CC[C@H]2[C@@H]3[C@H](OC=O)CC4CCCC[C@]4(C)[C@H]3CC(=O)[C@]12C. The lowest BCUT2D eigenvalue weighted by molar-refractivity contribution is -0.185. The highest BCUT2D eigenvalue weighted by atomic mass is 32.2. The van der Waals surface area contributed by atoms with E-state index < -0.39 is 33.4 Å². The normalized spacial score (nSPS) is 39.9. The second-order valence-electron chi connectivity index (χ2n) is 12.6. The number of carbonyl (C=O) groups excluding carboxylic acids is 3. The molecule has 4 aliphatic carbocycles. The smallest absolute Gasteiger partial charge is 0.402 e. The van der Waals surface area contributed by atoms with Gasteiger partial charge in [0.2, 0.25) is 0 Å². The van der Waals surface area contributed by atoms with E-state index in [1.54, 1.807) is 0 Å². The van der Waals surface area contributed by atoms with E-state index in [0.717, 1.165) is 44.9 Å². The number of ether oxygens (including phenoxy) is 2.